The number of piperazine rings is 1. The number of carbonyl (C=O) groups is 2. The van der Waals surface area contributed by atoms with E-state index in [4.69, 9.17) is 0 Å². The second kappa shape index (κ2) is 7.60. The van der Waals surface area contributed by atoms with Crippen molar-refractivity contribution < 1.29 is 9.59 Å². The molecule has 1 aliphatic rings. The third-order valence-corrected chi connectivity index (χ3v) is 5.55. The molecule has 1 aromatic heterocycles. The molecule has 6 heteroatoms. The molecule has 0 unspecified atom stereocenters. The van der Waals surface area contributed by atoms with Crippen LogP contribution in [0.15, 0.2) is 48.5 Å². The van der Waals surface area contributed by atoms with Gasteiger partial charge in [0.15, 0.2) is 0 Å². The van der Waals surface area contributed by atoms with Gasteiger partial charge in [0.1, 0.15) is 12.6 Å². The number of benzene rings is 2. The van der Waals surface area contributed by atoms with E-state index >= 15 is 0 Å². The highest BCUT2D eigenvalue weighted by Crippen LogP contribution is 2.26. The van der Waals surface area contributed by atoms with Gasteiger partial charge in [-0.1, -0.05) is 18.2 Å². The van der Waals surface area contributed by atoms with Gasteiger partial charge in [-0.3, -0.25) is 14.6 Å². The summed E-state index contributed by atoms with van der Waals surface area (Å²) in [7, 11) is 0. The number of rotatable bonds is 2. The quantitative estimate of drug-likeness (QED) is 0.661. The number of carbonyl (C=O) groups excluding carboxylic acids is 2. The number of nitriles is 1. The van der Waals surface area contributed by atoms with Gasteiger partial charge in [-0.2, -0.15) is 5.26 Å². The Morgan fingerprint density at radius 3 is 2.70 bits per heavy atom. The Kier molecular flexibility index (Phi) is 4.96. The molecular formula is C24H22N4O2. The average Bonchev–Trinajstić information content (AvgIpc) is 2.74. The van der Waals surface area contributed by atoms with Crippen molar-refractivity contribution in [3.63, 3.8) is 0 Å². The molecule has 6 nitrogen and oxygen atoms in total. The summed E-state index contributed by atoms with van der Waals surface area (Å²) in [6.07, 6.45) is 0. The molecule has 150 valence electrons. The van der Waals surface area contributed by atoms with E-state index in [2.05, 4.69) is 11.1 Å². The van der Waals surface area contributed by atoms with Crippen molar-refractivity contribution in [1.82, 2.24) is 9.88 Å². The van der Waals surface area contributed by atoms with Crippen LogP contribution in [0.25, 0.3) is 10.9 Å². The minimum absolute atomic E-state index is 0.0297. The van der Waals surface area contributed by atoms with Crippen LogP contribution in [-0.2, 0) is 4.79 Å². The van der Waals surface area contributed by atoms with Crippen LogP contribution in [0, 0.1) is 25.2 Å². The molecule has 0 radical (unpaired) electrons. The summed E-state index contributed by atoms with van der Waals surface area (Å²) in [5.41, 5.74) is 4.35. The topological polar surface area (TPSA) is 77.3 Å². The largest absolute Gasteiger partial charge is 0.325 e. The molecule has 0 bridgehead atoms. The van der Waals surface area contributed by atoms with Gasteiger partial charge >= 0.3 is 0 Å². The van der Waals surface area contributed by atoms with E-state index < -0.39 is 0 Å². The van der Waals surface area contributed by atoms with Crippen molar-refractivity contribution in [1.29, 1.82) is 5.26 Å². The zero-order chi connectivity index (χ0) is 21.4. The molecule has 2 aromatic carbocycles. The van der Waals surface area contributed by atoms with Crippen LogP contribution >= 0.6 is 0 Å². The number of pyridine rings is 1. The average molecular weight is 398 g/mol. The summed E-state index contributed by atoms with van der Waals surface area (Å²) in [5, 5.41) is 10.4. The summed E-state index contributed by atoms with van der Waals surface area (Å²) in [4.78, 5) is 33.8. The van der Waals surface area contributed by atoms with Gasteiger partial charge in [-0.05, 0) is 56.7 Å². The molecule has 0 aliphatic carbocycles. The summed E-state index contributed by atoms with van der Waals surface area (Å²) in [6.45, 7) is 6.18. The highest BCUT2D eigenvalue weighted by Gasteiger charge is 2.34. The van der Waals surface area contributed by atoms with Gasteiger partial charge in [0.2, 0.25) is 5.91 Å². The van der Waals surface area contributed by atoms with E-state index in [0.717, 1.165) is 22.2 Å². The second-order valence-corrected chi connectivity index (χ2v) is 7.73. The number of aromatic nitrogens is 1. The Hall–Kier alpha value is -3.72. The van der Waals surface area contributed by atoms with Crippen molar-refractivity contribution in [2.75, 3.05) is 18.0 Å². The fraction of sp³-hybridized carbons (Fsp3) is 0.250. The minimum Gasteiger partial charge on any atom is -0.325 e. The molecule has 0 N–H and O–H groups in total. The highest BCUT2D eigenvalue weighted by atomic mass is 16.2. The summed E-state index contributed by atoms with van der Waals surface area (Å²) < 4.78 is 0. The van der Waals surface area contributed by atoms with Gasteiger partial charge in [0, 0.05) is 29.2 Å². The lowest BCUT2D eigenvalue weighted by molar-refractivity contribution is -0.121. The first kappa shape index (κ1) is 19.6. The molecule has 2 amide bonds. The van der Waals surface area contributed by atoms with E-state index in [1.165, 1.54) is 0 Å². The molecule has 1 saturated heterocycles. The van der Waals surface area contributed by atoms with E-state index in [1.54, 1.807) is 46.2 Å². The maximum Gasteiger partial charge on any atom is 0.254 e. The van der Waals surface area contributed by atoms with Crippen molar-refractivity contribution >= 4 is 28.4 Å². The third-order valence-electron chi connectivity index (χ3n) is 5.55. The molecule has 0 saturated carbocycles. The number of nitrogens with zero attached hydrogens (tertiary/aromatic N) is 4. The van der Waals surface area contributed by atoms with Crippen molar-refractivity contribution in [2.24, 2.45) is 0 Å². The van der Waals surface area contributed by atoms with Gasteiger partial charge in [-0.25, -0.2) is 0 Å². The SMILES string of the molecule is Cc1cc(C)c2ccc(C(=O)N3CC(=O)N(c4ccccc4C#N)C[C@H]3C)cc2n1. The van der Waals surface area contributed by atoms with Crippen molar-refractivity contribution in [2.45, 2.75) is 26.8 Å². The van der Waals surface area contributed by atoms with Crippen LogP contribution in [0.5, 0.6) is 0 Å². The molecule has 2 heterocycles. The smallest absolute Gasteiger partial charge is 0.254 e. The zero-order valence-corrected chi connectivity index (χ0v) is 17.2. The molecule has 3 aromatic rings. The summed E-state index contributed by atoms with van der Waals surface area (Å²) in [5.74, 6) is -0.387. The first-order valence-corrected chi connectivity index (χ1v) is 9.87. The van der Waals surface area contributed by atoms with Crippen LogP contribution < -0.4 is 4.90 Å². The van der Waals surface area contributed by atoms with Crippen LogP contribution in [-0.4, -0.2) is 40.8 Å². The lowest BCUT2D eigenvalue weighted by Gasteiger charge is -2.39. The lowest BCUT2D eigenvalue weighted by atomic mass is 10.0. The van der Waals surface area contributed by atoms with Gasteiger partial charge in [0.25, 0.3) is 5.91 Å². The van der Waals surface area contributed by atoms with E-state index in [9.17, 15) is 14.9 Å². The number of anilines is 1. The highest BCUT2D eigenvalue weighted by molar-refractivity contribution is 6.03. The molecule has 30 heavy (non-hydrogen) atoms. The first-order valence-electron chi connectivity index (χ1n) is 9.87. The number of para-hydroxylation sites is 1. The van der Waals surface area contributed by atoms with E-state index in [1.807, 2.05) is 32.9 Å². The molecule has 1 atom stereocenters. The first-order chi connectivity index (χ1) is 14.4. The van der Waals surface area contributed by atoms with Crippen molar-refractivity contribution in [3.05, 3.63) is 70.9 Å². The lowest BCUT2D eigenvalue weighted by Crippen LogP contribution is -2.57. The fourth-order valence-corrected chi connectivity index (χ4v) is 4.03. The maximum absolute atomic E-state index is 13.2. The van der Waals surface area contributed by atoms with E-state index in [0.29, 0.717) is 23.4 Å². The predicted octanol–water partition coefficient (Wildman–Crippen LogP) is 3.60. The Labute approximate surface area is 175 Å². The third kappa shape index (κ3) is 3.39. The van der Waals surface area contributed by atoms with E-state index in [-0.39, 0.29) is 24.4 Å². The molecule has 0 spiro atoms. The van der Waals surface area contributed by atoms with Crippen LogP contribution in [0.1, 0.15) is 34.1 Å². The zero-order valence-electron chi connectivity index (χ0n) is 17.2. The van der Waals surface area contributed by atoms with Crippen LogP contribution in [0.2, 0.25) is 0 Å². The minimum atomic E-state index is -0.199. The van der Waals surface area contributed by atoms with Crippen LogP contribution in [0.4, 0.5) is 5.69 Å². The number of hydrogen-bond acceptors (Lipinski definition) is 4. The number of amides is 2. The van der Waals surface area contributed by atoms with Crippen molar-refractivity contribution in [3.8, 4) is 6.07 Å². The Morgan fingerprint density at radius 2 is 1.93 bits per heavy atom. The molecule has 4 rings (SSSR count). The molecule has 1 aliphatic heterocycles. The van der Waals surface area contributed by atoms with Gasteiger partial charge in [-0.15, -0.1) is 0 Å². The normalized spacial score (nSPS) is 16.6. The summed E-state index contributed by atoms with van der Waals surface area (Å²) >= 11 is 0. The van der Waals surface area contributed by atoms with Gasteiger partial charge in [0.05, 0.1) is 16.8 Å². The predicted molar refractivity (Wildman–Crippen MR) is 115 cm³/mol. The maximum atomic E-state index is 13.2. The van der Waals surface area contributed by atoms with Gasteiger partial charge < -0.3 is 9.80 Å². The summed E-state index contributed by atoms with van der Waals surface area (Å²) in [6, 6.07) is 16.5. The number of aryl methyl sites for hydroxylation is 2. The second-order valence-electron chi connectivity index (χ2n) is 7.73. The molecule has 1 fully saturated rings. The Balaban J connectivity index is 1.61. The monoisotopic (exact) mass is 398 g/mol. The molecular weight excluding hydrogens is 376 g/mol. The van der Waals surface area contributed by atoms with Crippen LogP contribution in [0.3, 0.4) is 0 Å². The standard InChI is InChI=1S/C24H22N4O2/c1-15-10-16(2)26-21-11-18(8-9-20(15)21)24(30)27-14-23(29)28(13-17(27)3)22-7-5-4-6-19(22)12-25/h4-11,17H,13-14H2,1-3H3/t17-/m1/s1. The Morgan fingerprint density at radius 1 is 1.17 bits per heavy atom. The fourth-order valence-electron chi connectivity index (χ4n) is 4.03. The number of hydrogen-bond donors (Lipinski definition) is 0. The number of fused-ring (bicyclic) bond motifs is 1. The Bertz CT molecular complexity index is 1210.